The monoisotopic (exact) mass is 525 g/mol. The van der Waals surface area contributed by atoms with Crippen molar-refractivity contribution in [2.45, 2.75) is 31.0 Å². The zero-order valence-electron chi connectivity index (χ0n) is 20.3. The first-order chi connectivity index (χ1) is 17.3. The number of alkyl halides is 3. The Morgan fingerprint density at radius 2 is 1.86 bits per heavy atom. The Labute approximate surface area is 208 Å². The molecule has 0 radical (unpaired) electrons. The second-order valence-corrected chi connectivity index (χ2v) is 9.65. The number of urea groups is 1. The maximum absolute atomic E-state index is 14.7. The van der Waals surface area contributed by atoms with Crippen molar-refractivity contribution < 1.29 is 31.9 Å². The normalized spacial score (nSPS) is 17.4. The third-order valence-corrected chi connectivity index (χ3v) is 7.14. The molecule has 2 aliphatic rings. The van der Waals surface area contributed by atoms with E-state index in [9.17, 15) is 31.9 Å². The molecule has 2 amide bonds. The summed E-state index contributed by atoms with van der Waals surface area (Å²) in [6.45, 7) is 1.44. The summed E-state index contributed by atoms with van der Waals surface area (Å²) in [5.74, 6) is -5.06. The van der Waals surface area contributed by atoms with Crippen molar-refractivity contribution in [2.75, 3.05) is 38.6 Å². The number of halogens is 5. The first-order valence-electron chi connectivity index (χ1n) is 11.6. The molecule has 0 bridgehead atoms. The summed E-state index contributed by atoms with van der Waals surface area (Å²) < 4.78 is 69.8. The summed E-state index contributed by atoms with van der Waals surface area (Å²) in [5, 5.41) is 13.9. The molecule has 1 aromatic carbocycles. The van der Waals surface area contributed by atoms with E-state index < -0.39 is 34.7 Å². The van der Waals surface area contributed by atoms with E-state index in [0.717, 1.165) is 19.3 Å². The minimum atomic E-state index is -5.16. The van der Waals surface area contributed by atoms with Crippen LogP contribution in [0.1, 0.15) is 24.8 Å². The van der Waals surface area contributed by atoms with E-state index in [1.807, 2.05) is 9.80 Å². The van der Waals surface area contributed by atoms with Crippen LogP contribution in [-0.2, 0) is 13.2 Å². The van der Waals surface area contributed by atoms with Crippen molar-refractivity contribution in [1.29, 1.82) is 0 Å². The number of fused-ring (bicyclic) bond motifs is 1. The quantitative estimate of drug-likeness (QED) is 0.513. The van der Waals surface area contributed by atoms with Crippen LogP contribution < -0.4 is 4.90 Å². The highest BCUT2D eigenvalue weighted by Crippen LogP contribution is 2.43. The second-order valence-electron chi connectivity index (χ2n) is 9.65. The number of aromatic nitrogens is 4. The van der Waals surface area contributed by atoms with Gasteiger partial charge in [0.1, 0.15) is 5.69 Å². The summed E-state index contributed by atoms with van der Waals surface area (Å²) in [5.41, 5.74) is -2.92. The summed E-state index contributed by atoms with van der Waals surface area (Å²) in [6, 6.07) is 0.219. The maximum Gasteiger partial charge on any atom is 0.419 e. The lowest BCUT2D eigenvalue weighted by Gasteiger charge is -2.56. The van der Waals surface area contributed by atoms with Crippen LogP contribution in [0.25, 0.3) is 22.3 Å². The average Bonchev–Trinajstić information content (AvgIpc) is 3.15. The van der Waals surface area contributed by atoms with E-state index in [4.69, 9.17) is 0 Å². The highest BCUT2D eigenvalue weighted by molar-refractivity contribution is 5.91. The van der Waals surface area contributed by atoms with Crippen LogP contribution in [-0.4, -0.2) is 80.0 Å². The van der Waals surface area contributed by atoms with E-state index in [1.54, 1.807) is 19.0 Å². The molecule has 3 aromatic rings. The molecule has 1 aliphatic carbocycles. The highest BCUT2D eigenvalue weighted by Gasteiger charge is 2.49. The minimum Gasteiger partial charge on any atom is -0.503 e. The van der Waals surface area contributed by atoms with Crippen LogP contribution in [0.5, 0.6) is 5.75 Å². The number of anilines is 1. The van der Waals surface area contributed by atoms with E-state index in [2.05, 4.69) is 15.1 Å². The summed E-state index contributed by atoms with van der Waals surface area (Å²) in [4.78, 5) is 27.0. The fourth-order valence-corrected chi connectivity index (χ4v) is 5.08. The van der Waals surface area contributed by atoms with Crippen molar-refractivity contribution >= 4 is 23.0 Å². The van der Waals surface area contributed by atoms with Crippen LogP contribution in [0.4, 0.5) is 32.7 Å². The summed E-state index contributed by atoms with van der Waals surface area (Å²) in [6.07, 6.45) is -1.16. The number of carbonyl (C=O) groups excluding carboxylic acids is 1. The molecule has 1 saturated heterocycles. The van der Waals surface area contributed by atoms with Gasteiger partial charge in [-0.05, 0) is 25.3 Å². The molecular formula is C23H24F5N7O2. The molecule has 1 aliphatic heterocycles. The van der Waals surface area contributed by atoms with Gasteiger partial charge in [0.2, 0.25) is 5.95 Å². The highest BCUT2D eigenvalue weighted by atomic mass is 19.4. The predicted molar refractivity (Wildman–Crippen MR) is 123 cm³/mol. The van der Waals surface area contributed by atoms with Crippen LogP contribution in [0.2, 0.25) is 0 Å². The number of amides is 2. The van der Waals surface area contributed by atoms with Crippen molar-refractivity contribution in [2.24, 2.45) is 7.05 Å². The second kappa shape index (κ2) is 8.42. The molecule has 1 spiro atoms. The average molecular weight is 525 g/mol. The number of aryl methyl sites for hydroxylation is 1. The topological polar surface area (TPSA) is 90.6 Å². The van der Waals surface area contributed by atoms with Gasteiger partial charge in [-0.25, -0.2) is 23.2 Å². The third-order valence-electron chi connectivity index (χ3n) is 7.14. The number of carbonyl (C=O) groups is 1. The molecule has 0 unspecified atom stereocenters. The van der Waals surface area contributed by atoms with Gasteiger partial charge >= 0.3 is 12.2 Å². The van der Waals surface area contributed by atoms with E-state index in [1.165, 1.54) is 17.9 Å². The lowest BCUT2D eigenvalue weighted by Crippen LogP contribution is -2.68. The molecule has 37 heavy (non-hydrogen) atoms. The predicted octanol–water partition coefficient (Wildman–Crippen LogP) is 3.76. The summed E-state index contributed by atoms with van der Waals surface area (Å²) >= 11 is 0. The molecule has 0 atom stereocenters. The molecular weight excluding hydrogens is 501 g/mol. The van der Waals surface area contributed by atoms with Gasteiger partial charge in [-0.1, -0.05) is 0 Å². The van der Waals surface area contributed by atoms with Crippen molar-refractivity contribution in [3.8, 4) is 17.0 Å². The van der Waals surface area contributed by atoms with E-state index >= 15 is 0 Å². The number of piperazine rings is 1. The lowest BCUT2D eigenvalue weighted by molar-refractivity contribution is -0.140. The molecule has 5 rings (SSSR count). The van der Waals surface area contributed by atoms with Gasteiger partial charge < -0.3 is 19.8 Å². The first-order valence-corrected chi connectivity index (χ1v) is 11.6. The fraction of sp³-hybridized carbons (Fsp3) is 0.478. The van der Waals surface area contributed by atoms with Gasteiger partial charge in [0.05, 0.1) is 16.5 Å². The zero-order valence-corrected chi connectivity index (χ0v) is 20.3. The SMILES string of the molecule is CN(C)C(=O)N1CCN(c2ncc3c(-c4cc(C(F)(F)F)c(F)c(O)c4F)nn(C)c3n2)CC12CCC2. The van der Waals surface area contributed by atoms with Gasteiger partial charge in [-0.3, -0.25) is 0 Å². The number of nitrogens with zero attached hydrogens (tertiary/aromatic N) is 7. The Bertz CT molecular complexity index is 1400. The Morgan fingerprint density at radius 1 is 1.16 bits per heavy atom. The Kier molecular flexibility index (Phi) is 5.68. The lowest BCUT2D eigenvalue weighted by atomic mass is 9.74. The minimum absolute atomic E-state index is 0.0604. The van der Waals surface area contributed by atoms with Crippen LogP contribution >= 0.6 is 0 Å². The van der Waals surface area contributed by atoms with E-state index in [0.29, 0.717) is 25.6 Å². The Hall–Kier alpha value is -3.71. The standard InChI is InChI=1S/C23H24F5N7O2/c1-32(2)21(37)35-8-7-34(11-22(35)5-4-6-22)20-29-10-13-17(31-33(3)19(13)30-20)12-9-14(23(26,27)28)16(25)18(36)15(12)24/h9-10,36H,4-8,11H2,1-3H3. The molecule has 9 nitrogen and oxygen atoms in total. The molecule has 2 aromatic heterocycles. The Morgan fingerprint density at radius 3 is 2.46 bits per heavy atom. The largest absolute Gasteiger partial charge is 0.503 e. The molecule has 14 heteroatoms. The van der Waals surface area contributed by atoms with Crippen molar-refractivity contribution in [1.82, 2.24) is 29.5 Å². The number of rotatable bonds is 2. The van der Waals surface area contributed by atoms with Gasteiger partial charge in [0, 0.05) is 52.5 Å². The zero-order chi connectivity index (χ0) is 26.9. The number of hydrogen-bond acceptors (Lipinski definition) is 6. The molecule has 1 N–H and O–H groups in total. The smallest absolute Gasteiger partial charge is 0.419 e. The number of benzene rings is 1. The third kappa shape index (κ3) is 3.89. The van der Waals surface area contributed by atoms with Crippen molar-refractivity contribution in [3.05, 3.63) is 29.5 Å². The molecule has 2 fully saturated rings. The molecule has 3 heterocycles. The van der Waals surface area contributed by atoms with Gasteiger partial charge in [0.15, 0.2) is 23.0 Å². The van der Waals surface area contributed by atoms with Crippen LogP contribution in [0.15, 0.2) is 12.3 Å². The number of hydrogen-bond donors (Lipinski definition) is 1. The van der Waals surface area contributed by atoms with Crippen LogP contribution in [0.3, 0.4) is 0 Å². The van der Waals surface area contributed by atoms with Gasteiger partial charge in [-0.2, -0.15) is 23.3 Å². The Balaban J connectivity index is 1.53. The molecule has 1 saturated carbocycles. The maximum atomic E-state index is 14.7. The number of phenolic OH excluding ortho intramolecular Hbond substituents is 1. The van der Waals surface area contributed by atoms with Gasteiger partial charge in [0.25, 0.3) is 0 Å². The van der Waals surface area contributed by atoms with Crippen molar-refractivity contribution in [3.63, 3.8) is 0 Å². The van der Waals surface area contributed by atoms with Gasteiger partial charge in [-0.15, -0.1) is 0 Å². The first kappa shape index (κ1) is 25.0. The van der Waals surface area contributed by atoms with E-state index in [-0.39, 0.29) is 34.4 Å². The molecule has 198 valence electrons. The van der Waals surface area contributed by atoms with Crippen LogP contribution in [0, 0.1) is 11.6 Å². The number of aromatic hydroxyl groups is 1. The summed E-state index contributed by atoms with van der Waals surface area (Å²) in [7, 11) is 4.90. The number of phenols is 1. The fourth-order valence-electron chi connectivity index (χ4n) is 5.08.